The van der Waals surface area contributed by atoms with Crippen molar-refractivity contribution in [3.05, 3.63) is 82.9 Å². The average Bonchev–Trinajstić information content (AvgIpc) is 2.57. The number of para-hydroxylation sites is 1. The van der Waals surface area contributed by atoms with E-state index < -0.39 is 0 Å². The van der Waals surface area contributed by atoms with Gasteiger partial charge in [-0.05, 0) is 29.8 Å². The van der Waals surface area contributed by atoms with Gasteiger partial charge in [0, 0.05) is 12.3 Å². The molecule has 0 unspecified atom stereocenters. The molecule has 0 bridgehead atoms. The number of hydrogen-bond acceptors (Lipinski definition) is 3. The molecular formula is C18H15FN2OS. The van der Waals surface area contributed by atoms with Crippen LogP contribution in [0, 0.1) is 5.82 Å². The van der Waals surface area contributed by atoms with Crippen LogP contribution in [0.5, 0.6) is 0 Å². The van der Waals surface area contributed by atoms with Gasteiger partial charge in [0.1, 0.15) is 5.82 Å². The minimum Gasteiger partial charge on any atom is -0.283 e. The molecule has 5 heteroatoms. The van der Waals surface area contributed by atoms with Gasteiger partial charge in [-0.15, -0.1) is 6.58 Å². The van der Waals surface area contributed by atoms with Crippen LogP contribution >= 0.6 is 11.8 Å². The van der Waals surface area contributed by atoms with Crippen molar-refractivity contribution in [3.8, 4) is 0 Å². The van der Waals surface area contributed by atoms with Crippen LogP contribution in [0.15, 0.2) is 71.1 Å². The van der Waals surface area contributed by atoms with Gasteiger partial charge >= 0.3 is 0 Å². The molecule has 1 heterocycles. The third-order valence-corrected chi connectivity index (χ3v) is 4.47. The van der Waals surface area contributed by atoms with E-state index in [9.17, 15) is 9.18 Å². The lowest BCUT2D eigenvalue weighted by Crippen LogP contribution is -2.22. The standard InChI is InChI=1S/C18H15FN2OS/c1-2-11-21-17(22)15-5-3-4-6-16(15)20-18(21)23-12-13-7-9-14(19)10-8-13/h2-10H,1,11-12H2. The van der Waals surface area contributed by atoms with E-state index in [1.807, 2.05) is 18.2 Å². The van der Waals surface area contributed by atoms with Crippen LogP contribution in [0.25, 0.3) is 10.9 Å². The summed E-state index contributed by atoms with van der Waals surface area (Å²) in [7, 11) is 0. The van der Waals surface area contributed by atoms with Crippen LogP contribution in [-0.2, 0) is 12.3 Å². The van der Waals surface area contributed by atoms with Gasteiger partial charge in [0.05, 0.1) is 10.9 Å². The number of nitrogens with zero attached hydrogens (tertiary/aromatic N) is 2. The number of allylic oxidation sites excluding steroid dienone is 1. The summed E-state index contributed by atoms with van der Waals surface area (Å²) in [6.45, 7) is 4.11. The highest BCUT2D eigenvalue weighted by Crippen LogP contribution is 2.22. The summed E-state index contributed by atoms with van der Waals surface area (Å²) in [5, 5.41) is 1.23. The third-order valence-electron chi connectivity index (χ3n) is 3.42. The fourth-order valence-corrected chi connectivity index (χ4v) is 3.24. The fraction of sp³-hybridized carbons (Fsp3) is 0.111. The Morgan fingerprint density at radius 3 is 2.65 bits per heavy atom. The molecule has 0 fully saturated rings. The predicted molar refractivity (Wildman–Crippen MR) is 92.2 cm³/mol. The molecule has 1 aromatic heterocycles. The second-order valence-electron chi connectivity index (χ2n) is 5.03. The Bertz CT molecular complexity index is 903. The summed E-state index contributed by atoms with van der Waals surface area (Å²) in [6.07, 6.45) is 1.68. The summed E-state index contributed by atoms with van der Waals surface area (Å²) in [5.41, 5.74) is 1.58. The van der Waals surface area contributed by atoms with Crippen molar-refractivity contribution in [2.24, 2.45) is 0 Å². The summed E-state index contributed by atoms with van der Waals surface area (Å²) in [5.74, 6) is 0.355. The van der Waals surface area contributed by atoms with Gasteiger partial charge in [-0.3, -0.25) is 9.36 Å². The maximum atomic E-state index is 13.0. The van der Waals surface area contributed by atoms with Crippen molar-refractivity contribution in [2.45, 2.75) is 17.5 Å². The molecule has 0 aliphatic rings. The molecule has 3 aromatic rings. The Labute approximate surface area is 137 Å². The zero-order valence-electron chi connectivity index (χ0n) is 12.4. The SMILES string of the molecule is C=CCn1c(SCc2ccc(F)cc2)nc2ccccc2c1=O. The lowest BCUT2D eigenvalue weighted by atomic mass is 10.2. The van der Waals surface area contributed by atoms with E-state index in [4.69, 9.17) is 0 Å². The number of halogens is 1. The molecule has 0 aliphatic heterocycles. The first-order valence-electron chi connectivity index (χ1n) is 7.17. The van der Waals surface area contributed by atoms with Crippen LogP contribution in [0.1, 0.15) is 5.56 Å². The first kappa shape index (κ1) is 15.5. The van der Waals surface area contributed by atoms with Crippen molar-refractivity contribution in [3.63, 3.8) is 0 Å². The zero-order valence-corrected chi connectivity index (χ0v) is 13.2. The molecule has 23 heavy (non-hydrogen) atoms. The van der Waals surface area contributed by atoms with Crippen LogP contribution < -0.4 is 5.56 Å². The molecule has 0 radical (unpaired) electrons. The highest BCUT2D eigenvalue weighted by molar-refractivity contribution is 7.98. The maximum absolute atomic E-state index is 13.0. The first-order valence-corrected chi connectivity index (χ1v) is 8.15. The van der Waals surface area contributed by atoms with E-state index in [0.29, 0.717) is 28.4 Å². The fourth-order valence-electron chi connectivity index (χ4n) is 2.28. The summed E-state index contributed by atoms with van der Waals surface area (Å²) < 4.78 is 14.6. The molecular weight excluding hydrogens is 311 g/mol. The largest absolute Gasteiger partial charge is 0.283 e. The van der Waals surface area contributed by atoms with Gasteiger partial charge < -0.3 is 0 Å². The normalized spacial score (nSPS) is 10.8. The summed E-state index contributed by atoms with van der Waals surface area (Å²) in [6, 6.07) is 13.6. The molecule has 116 valence electrons. The Morgan fingerprint density at radius 1 is 1.17 bits per heavy atom. The monoisotopic (exact) mass is 326 g/mol. The molecule has 0 saturated heterocycles. The lowest BCUT2D eigenvalue weighted by molar-refractivity contribution is 0.627. The maximum Gasteiger partial charge on any atom is 0.262 e. The van der Waals surface area contributed by atoms with Crippen LogP contribution in [-0.4, -0.2) is 9.55 Å². The molecule has 0 saturated carbocycles. The molecule has 0 aliphatic carbocycles. The highest BCUT2D eigenvalue weighted by atomic mass is 32.2. The molecule has 3 nitrogen and oxygen atoms in total. The number of fused-ring (bicyclic) bond motifs is 1. The molecule has 2 aromatic carbocycles. The first-order chi connectivity index (χ1) is 11.2. The van der Waals surface area contributed by atoms with Crippen molar-refractivity contribution in [1.82, 2.24) is 9.55 Å². The van der Waals surface area contributed by atoms with Gasteiger partial charge in [-0.25, -0.2) is 9.37 Å². The van der Waals surface area contributed by atoms with Crippen molar-refractivity contribution in [1.29, 1.82) is 0 Å². The molecule has 3 rings (SSSR count). The van der Waals surface area contributed by atoms with E-state index in [2.05, 4.69) is 11.6 Å². The van der Waals surface area contributed by atoms with E-state index in [-0.39, 0.29) is 11.4 Å². The molecule has 0 amide bonds. The number of hydrogen-bond donors (Lipinski definition) is 0. The van der Waals surface area contributed by atoms with Gasteiger partial charge in [-0.2, -0.15) is 0 Å². The van der Waals surface area contributed by atoms with Gasteiger partial charge in [-0.1, -0.05) is 42.1 Å². The van der Waals surface area contributed by atoms with E-state index in [0.717, 1.165) is 5.56 Å². The molecule has 0 spiro atoms. The number of benzene rings is 2. The zero-order chi connectivity index (χ0) is 16.2. The second kappa shape index (κ2) is 6.79. The Morgan fingerprint density at radius 2 is 1.91 bits per heavy atom. The quantitative estimate of drug-likeness (QED) is 0.404. The van der Waals surface area contributed by atoms with Crippen molar-refractivity contribution < 1.29 is 4.39 Å². The molecule has 0 N–H and O–H groups in total. The third kappa shape index (κ3) is 3.35. The minimum absolute atomic E-state index is 0.0721. The van der Waals surface area contributed by atoms with Crippen molar-refractivity contribution in [2.75, 3.05) is 0 Å². The second-order valence-corrected chi connectivity index (χ2v) is 5.97. The van der Waals surface area contributed by atoms with Gasteiger partial charge in [0.15, 0.2) is 5.16 Å². The number of aromatic nitrogens is 2. The minimum atomic E-state index is -0.258. The predicted octanol–water partition coefficient (Wildman–Crippen LogP) is 4.01. The van der Waals surface area contributed by atoms with Crippen molar-refractivity contribution >= 4 is 22.7 Å². The Balaban J connectivity index is 1.98. The topological polar surface area (TPSA) is 34.9 Å². The smallest absolute Gasteiger partial charge is 0.262 e. The summed E-state index contributed by atoms with van der Waals surface area (Å²) in [4.78, 5) is 17.2. The van der Waals surface area contributed by atoms with Gasteiger partial charge in [0.25, 0.3) is 5.56 Å². The van der Waals surface area contributed by atoms with Gasteiger partial charge in [0.2, 0.25) is 0 Å². The van der Waals surface area contributed by atoms with E-state index in [1.165, 1.54) is 23.9 Å². The lowest BCUT2D eigenvalue weighted by Gasteiger charge is -2.11. The number of thioether (sulfide) groups is 1. The van der Waals surface area contributed by atoms with E-state index in [1.54, 1.807) is 28.8 Å². The van der Waals surface area contributed by atoms with Crippen LogP contribution in [0.2, 0.25) is 0 Å². The van der Waals surface area contributed by atoms with E-state index >= 15 is 0 Å². The molecule has 0 atom stereocenters. The Kier molecular flexibility index (Phi) is 4.57. The summed E-state index contributed by atoms with van der Waals surface area (Å²) >= 11 is 1.46. The van der Waals surface area contributed by atoms with Crippen LogP contribution in [0.3, 0.4) is 0 Å². The Hall–Kier alpha value is -2.40. The number of rotatable bonds is 5. The average molecular weight is 326 g/mol. The van der Waals surface area contributed by atoms with Crippen LogP contribution in [0.4, 0.5) is 4.39 Å². The highest BCUT2D eigenvalue weighted by Gasteiger charge is 2.10.